The van der Waals surface area contributed by atoms with Crippen LogP contribution in [0.2, 0.25) is 0 Å². The van der Waals surface area contributed by atoms with Crippen LogP contribution in [0, 0.1) is 5.82 Å². The minimum atomic E-state index is -0.142. The third-order valence-corrected chi connectivity index (χ3v) is 5.06. The maximum absolute atomic E-state index is 13.4. The number of hydrogen-bond donors (Lipinski definition) is 0. The van der Waals surface area contributed by atoms with Gasteiger partial charge >= 0.3 is 0 Å². The van der Waals surface area contributed by atoms with Crippen LogP contribution in [0.1, 0.15) is 11.1 Å². The molecule has 0 aliphatic carbocycles. The van der Waals surface area contributed by atoms with E-state index in [1.807, 2.05) is 18.2 Å². The summed E-state index contributed by atoms with van der Waals surface area (Å²) in [5.41, 5.74) is 3.22. The van der Waals surface area contributed by atoms with Crippen molar-refractivity contribution in [2.24, 2.45) is 4.99 Å². The first kappa shape index (κ1) is 12.8. The lowest BCUT2D eigenvalue weighted by atomic mass is 9.95. The van der Waals surface area contributed by atoms with E-state index in [1.54, 1.807) is 36.3 Å². The van der Waals surface area contributed by atoms with Crippen LogP contribution >= 0.6 is 11.8 Å². The second-order valence-corrected chi connectivity index (χ2v) is 6.30. The Balaban J connectivity index is 1.65. The number of thioether (sulfide) groups is 1. The van der Waals surface area contributed by atoms with Gasteiger partial charge < -0.3 is 4.90 Å². The minimum Gasteiger partial charge on any atom is -0.343 e. The van der Waals surface area contributed by atoms with E-state index in [1.165, 1.54) is 5.56 Å². The molecule has 21 heavy (non-hydrogen) atoms. The van der Waals surface area contributed by atoms with Gasteiger partial charge in [-0.2, -0.15) is 0 Å². The van der Waals surface area contributed by atoms with Crippen LogP contribution in [-0.4, -0.2) is 26.8 Å². The monoisotopic (exact) mass is 299 g/mol. The van der Waals surface area contributed by atoms with Gasteiger partial charge in [-0.3, -0.25) is 4.98 Å². The van der Waals surface area contributed by atoms with Crippen LogP contribution in [0.5, 0.6) is 0 Å². The van der Waals surface area contributed by atoms with Crippen LogP contribution < -0.4 is 0 Å². The second kappa shape index (κ2) is 5.15. The average Bonchev–Trinajstić information content (AvgIpc) is 2.88. The van der Waals surface area contributed by atoms with Crippen molar-refractivity contribution in [1.29, 1.82) is 0 Å². The molecule has 2 aliphatic heterocycles. The van der Waals surface area contributed by atoms with Crippen molar-refractivity contribution < 1.29 is 4.39 Å². The number of nitrogens with zero attached hydrogens (tertiary/aromatic N) is 3. The number of fused-ring (bicyclic) bond motifs is 2. The number of pyridine rings is 1. The van der Waals surface area contributed by atoms with Crippen LogP contribution in [0.15, 0.2) is 47.7 Å². The smallest absolute Gasteiger partial charge is 0.165 e. The zero-order valence-electron chi connectivity index (χ0n) is 11.4. The van der Waals surface area contributed by atoms with Gasteiger partial charge in [-0.1, -0.05) is 17.8 Å². The fourth-order valence-electron chi connectivity index (χ4n) is 2.87. The molecule has 4 rings (SSSR count). The molecule has 1 atom stereocenters. The Morgan fingerprint density at radius 1 is 1.29 bits per heavy atom. The topological polar surface area (TPSA) is 28.5 Å². The molecule has 0 bridgehead atoms. The largest absolute Gasteiger partial charge is 0.343 e. The van der Waals surface area contributed by atoms with Gasteiger partial charge in [0, 0.05) is 24.5 Å². The highest BCUT2D eigenvalue weighted by Crippen LogP contribution is 2.34. The van der Waals surface area contributed by atoms with Gasteiger partial charge in [0.2, 0.25) is 0 Å². The van der Waals surface area contributed by atoms with E-state index < -0.39 is 0 Å². The highest BCUT2D eigenvalue weighted by molar-refractivity contribution is 8.14. The SMILES string of the molecule is Fc1ccc2c(c1)CC1CSC(=Nc3cccnc3)N1C2. The summed E-state index contributed by atoms with van der Waals surface area (Å²) in [6, 6.07) is 9.38. The van der Waals surface area contributed by atoms with Crippen LogP contribution in [0.4, 0.5) is 10.1 Å². The van der Waals surface area contributed by atoms with Gasteiger partial charge in [0.1, 0.15) is 5.82 Å². The Morgan fingerprint density at radius 2 is 2.24 bits per heavy atom. The molecule has 5 heteroatoms. The van der Waals surface area contributed by atoms with Crippen molar-refractivity contribution >= 4 is 22.6 Å². The third kappa shape index (κ3) is 2.42. The van der Waals surface area contributed by atoms with Crippen LogP contribution in [-0.2, 0) is 13.0 Å². The first-order chi connectivity index (χ1) is 10.3. The fraction of sp³-hybridized carbons (Fsp3) is 0.250. The Morgan fingerprint density at radius 3 is 3.10 bits per heavy atom. The van der Waals surface area contributed by atoms with E-state index in [4.69, 9.17) is 4.99 Å². The average molecular weight is 299 g/mol. The van der Waals surface area contributed by atoms with E-state index in [2.05, 4.69) is 9.88 Å². The summed E-state index contributed by atoms with van der Waals surface area (Å²) in [5.74, 6) is 0.867. The highest BCUT2D eigenvalue weighted by Gasteiger charge is 2.34. The van der Waals surface area contributed by atoms with Crippen molar-refractivity contribution in [3.05, 3.63) is 59.7 Å². The molecular weight excluding hydrogens is 285 g/mol. The molecule has 3 nitrogen and oxygen atoms in total. The Labute approximate surface area is 126 Å². The molecule has 1 fully saturated rings. The van der Waals surface area contributed by atoms with Gasteiger partial charge in [-0.05, 0) is 41.8 Å². The first-order valence-electron chi connectivity index (χ1n) is 6.95. The molecule has 2 aliphatic rings. The standard InChI is InChI=1S/C16H14FN3S/c17-13-4-3-11-9-20-15(7-12(11)6-13)10-21-16(20)19-14-2-1-5-18-8-14/h1-6,8,15H,7,9-10H2. The lowest BCUT2D eigenvalue weighted by Crippen LogP contribution is -2.38. The van der Waals surface area contributed by atoms with Crippen LogP contribution in [0.3, 0.4) is 0 Å². The first-order valence-corrected chi connectivity index (χ1v) is 7.93. The number of aliphatic imine (C=N–C) groups is 1. The lowest BCUT2D eigenvalue weighted by molar-refractivity contribution is 0.319. The maximum Gasteiger partial charge on any atom is 0.165 e. The fourth-order valence-corrected chi connectivity index (χ4v) is 4.06. The number of halogens is 1. The molecule has 2 aromatic rings. The zero-order chi connectivity index (χ0) is 14.2. The van der Waals surface area contributed by atoms with Crippen molar-refractivity contribution in [3.8, 4) is 0 Å². The van der Waals surface area contributed by atoms with E-state index in [9.17, 15) is 4.39 Å². The van der Waals surface area contributed by atoms with Gasteiger partial charge in [0.05, 0.1) is 11.9 Å². The Hall–Kier alpha value is -1.88. The van der Waals surface area contributed by atoms with Crippen LogP contribution in [0.25, 0.3) is 0 Å². The summed E-state index contributed by atoms with van der Waals surface area (Å²) in [6.07, 6.45) is 4.42. The van der Waals surface area contributed by atoms with Crippen molar-refractivity contribution in [2.45, 2.75) is 19.0 Å². The third-order valence-electron chi connectivity index (χ3n) is 3.93. The van der Waals surface area contributed by atoms with E-state index in [-0.39, 0.29) is 5.82 Å². The summed E-state index contributed by atoms with van der Waals surface area (Å²) < 4.78 is 13.4. The summed E-state index contributed by atoms with van der Waals surface area (Å²) in [7, 11) is 0. The number of benzene rings is 1. The van der Waals surface area contributed by atoms with Gasteiger partial charge in [-0.15, -0.1) is 0 Å². The number of aromatic nitrogens is 1. The highest BCUT2D eigenvalue weighted by atomic mass is 32.2. The van der Waals surface area contributed by atoms with Crippen molar-refractivity contribution in [2.75, 3.05) is 5.75 Å². The van der Waals surface area contributed by atoms with Gasteiger partial charge in [0.25, 0.3) is 0 Å². The summed E-state index contributed by atoms with van der Waals surface area (Å²) >= 11 is 1.77. The molecule has 106 valence electrons. The predicted octanol–water partition coefficient (Wildman–Crippen LogP) is 3.38. The summed E-state index contributed by atoms with van der Waals surface area (Å²) in [5, 5.41) is 1.04. The van der Waals surface area contributed by atoms with Gasteiger partial charge in [0.15, 0.2) is 5.17 Å². The molecule has 0 amide bonds. The molecule has 1 unspecified atom stereocenters. The van der Waals surface area contributed by atoms with E-state index in [0.29, 0.717) is 6.04 Å². The quantitative estimate of drug-likeness (QED) is 0.808. The summed E-state index contributed by atoms with van der Waals surface area (Å²) in [6.45, 7) is 0.812. The maximum atomic E-state index is 13.4. The molecular formula is C16H14FN3S. The molecule has 0 N–H and O–H groups in total. The molecule has 0 spiro atoms. The Kier molecular flexibility index (Phi) is 3.15. The lowest BCUT2D eigenvalue weighted by Gasteiger charge is -2.32. The number of amidine groups is 1. The molecule has 1 saturated heterocycles. The molecule has 3 heterocycles. The number of hydrogen-bond acceptors (Lipinski definition) is 3. The predicted molar refractivity (Wildman–Crippen MR) is 83.2 cm³/mol. The van der Waals surface area contributed by atoms with Crippen molar-refractivity contribution in [3.63, 3.8) is 0 Å². The normalized spacial score (nSPS) is 22.2. The minimum absolute atomic E-state index is 0.142. The summed E-state index contributed by atoms with van der Waals surface area (Å²) in [4.78, 5) is 11.1. The number of rotatable bonds is 1. The second-order valence-electron chi connectivity index (χ2n) is 5.32. The molecule has 0 radical (unpaired) electrons. The molecule has 1 aromatic carbocycles. The molecule has 1 aromatic heterocycles. The molecule has 0 saturated carbocycles. The van der Waals surface area contributed by atoms with E-state index >= 15 is 0 Å². The van der Waals surface area contributed by atoms with Crippen molar-refractivity contribution in [1.82, 2.24) is 9.88 Å². The van der Waals surface area contributed by atoms with Gasteiger partial charge in [-0.25, -0.2) is 9.38 Å². The van der Waals surface area contributed by atoms with E-state index in [0.717, 1.165) is 35.1 Å². The zero-order valence-corrected chi connectivity index (χ0v) is 12.2. The Bertz CT molecular complexity index is 702.